The molecular weight excluding hydrogens is 296 g/mol. The Morgan fingerprint density at radius 3 is 2.61 bits per heavy atom. The number of nitrogens with zero attached hydrogens (tertiary/aromatic N) is 3. The van der Waals surface area contributed by atoms with Gasteiger partial charge >= 0.3 is 0 Å². The predicted octanol–water partition coefficient (Wildman–Crippen LogP) is 0.591. The highest BCUT2D eigenvalue weighted by molar-refractivity contribution is 5.79. The van der Waals surface area contributed by atoms with Crippen LogP contribution in [0.1, 0.15) is 36.3 Å². The van der Waals surface area contributed by atoms with Gasteiger partial charge in [0.1, 0.15) is 5.76 Å². The van der Waals surface area contributed by atoms with E-state index in [0.717, 1.165) is 49.5 Å². The lowest BCUT2D eigenvalue weighted by atomic mass is 9.77. The fourth-order valence-electron chi connectivity index (χ4n) is 3.78. The second kappa shape index (κ2) is 5.96. The topological polar surface area (TPSA) is 92.7 Å². The van der Waals surface area contributed by atoms with Crippen molar-refractivity contribution in [2.45, 2.75) is 39.7 Å². The molecule has 7 heteroatoms. The first-order chi connectivity index (χ1) is 10.9. The summed E-state index contributed by atoms with van der Waals surface area (Å²) in [6.07, 6.45) is 2.47. The van der Waals surface area contributed by atoms with Gasteiger partial charge < -0.3 is 15.2 Å². The smallest absolute Gasteiger partial charge is 0.231 e. The zero-order valence-electron chi connectivity index (χ0n) is 13.8. The van der Waals surface area contributed by atoms with Gasteiger partial charge in [-0.2, -0.15) is 0 Å². The predicted molar refractivity (Wildman–Crippen MR) is 83.3 cm³/mol. The number of piperidine rings is 1. The molecule has 0 bridgehead atoms. The number of hydrogen-bond acceptors (Lipinski definition) is 5. The second-order valence-corrected chi connectivity index (χ2v) is 6.97. The summed E-state index contributed by atoms with van der Waals surface area (Å²) in [5, 5.41) is 3.96. The average Bonchev–Trinajstić information content (AvgIpc) is 2.96. The monoisotopic (exact) mass is 320 g/mol. The number of aromatic nitrogens is 1. The summed E-state index contributed by atoms with van der Waals surface area (Å²) < 4.78 is 5.19. The third-order valence-corrected chi connectivity index (χ3v) is 5.23. The second-order valence-electron chi connectivity index (χ2n) is 6.97. The van der Waals surface area contributed by atoms with Gasteiger partial charge in [0.15, 0.2) is 0 Å². The molecule has 2 fully saturated rings. The Hall–Kier alpha value is -1.89. The van der Waals surface area contributed by atoms with Gasteiger partial charge in [0.2, 0.25) is 11.8 Å². The fourth-order valence-corrected chi connectivity index (χ4v) is 3.78. The summed E-state index contributed by atoms with van der Waals surface area (Å²) in [6.45, 7) is 7.11. The molecule has 1 aromatic heterocycles. The maximum atomic E-state index is 12.4. The van der Waals surface area contributed by atoms with Crippen LogP contribution in [-0.2, 0) is 16.1 Å². The van der Waals surface area contributed by atoms with Gasteiger partial charge in [0.25, 0.3) is 0 Å². The van der Waals surface area contributed by atoms with Crippen molar-refractivity contribution in [3.8, 4) is 0 Å². The van der Waals surface area contributed by atoms with Crippen LogP contribution in [0.5, 0.6) is 0 Å². The number of amides is 2. The van der Waals surface area contributed by atoms with E-state index in [1.165, 1.54) is 0 Å². The SMILES string of the molecule is Cc1noc(C)c1CN1CC2(CCN(CC(N)=O)CC2)CC1=O. The first kappa shape index (κ1) is 16.0. The van der Waals surface area contributed by atoms with Gasteiger partial charge in [-0.1, -0.05) is 5.16 Å². The lowest BCUT2D eigenvalue weighted by Gasteiger charge is -2.38. The van der Waals surface area contributed by atoms with E-state index in [-0.39, 0.29) is 17.2 Å². The summed E-state index contributed by atoms with van der Waals surface area (Å²) >= 11 is 0. The van der Waals surface area contributed by atoms with Crippen LogP contribution in [0.25, 0.3) is 0 Å². The van der Waals surface area contributed by atoms with Gasteiger partial charge in [0, 0.05) is 18.5 Å². The zero-order chi connectivity index (χ0) is 16.6. The summed E-state index contributed by atoms with van der Waals surface area (Å²) in [6, 6.07) is 0. The van der Waals surface area contributed by atoms with Crippen molar-refractivity contribution in [2.75, 3.05) is 26.2 Å². The Bertz CT molecular complexity index is 597. The molecule has 0 radical (unpaired) electrons. The highest BCUT2D eigenvalue weighted by Crippen LogP contribution is 2.41. The molecule has 126 valence electrons. The first-order valence-electron chi connectivity index (χ1n) is 8.09. The third kappa shape index (κ3) is 3.24. The number of hydrogen-bond donors (Lipinski definition) is 1. The minimum Gasteiger partial charge on any atom is -0.369 e. The molecule has 0 atom stereocenters. The highest BCUT2D eigenvalue weighted by atomic mass is 16.5. The zero-order valence-corrected chi connectivity index (χ0v) is 13.8. The third-order valence-electron chi connectivity index (χ3n) is 5.23. The van der Waals surface area contributed by atoms with Crippen LogP contribution in [0.4, 0.5) is 0 Å². The van der Waals surface area contributed by atoms with Crippen molar-refractivity contribution in [1.29, 1.82) is 0 Å². The van der Waals surface area contributed by atoms with E-state index >= 15 is 0 Å². The number of aryl methyl sites for hydroxylation is 2. The maximum Gasteiger partial charge on any atom is 0.231 e. The summed E-state index contributed by atoms with van der Waals surface area (Å²) in [4.78, 5) is 27.5. The van der Waals surface area contributed by atoms with E-state index in [4.69, 9.17) is 10.3 Å². The lowest BCUT2D eigenvalue weighted by molar-refractivity contribution is -0.128. The molecule has 0 aromatic carbocycles. The van der Waals surface area contributed by atoms with Crippen LogP contribution >= 0.6 is 0 Å². The molecule has 0 unspecified atom stereocenters. The summed E-state index contributed by atoms with van der Waals surface area (Å²) in [5.74, 6) is 0.698. The normalized spacial score (nSPS) is 21.3. The van der Waals surface area contributed by atoms with E-state index < -0.39 is 0 Å². The average molecular weight is 320 g/mol. The molecule has 2 N–H and O–H groups in total. The largest absolute Gasteiger partial charge is 0.369 e. The van der Waals surface area contributed by atoms with Crippen LogP contribution in [-0.4, -0.2) is 52.9 Å². The van der Waals surface area contributed by atoms with E-state index in [0.29, 0.717) is 19.5 Å². The van der Waals surface area contributed by atoms with Crippen LogP contribution < -0.4 is 5.73 Å². The number of primary amides is 1. The van der Waals surface area contributed by atoms with Crippen molar-refractivity contribution in [2.24, 2.45) is 11.1 Å². The highest BCUT2D eigenvalue weighted by Gasteiger charge is 2.45. The Kier molecular flexibility index (Phi) is 4.14. The molecular formula is C16H24N4O3. The maximum absolute atomic E-state index is 12.4. The number of rotatable bonds is 4. The molecule has 7 nitrogen and oxygen atoms in total. The standard InChI is InChI=1S/C16H24N4O3/c1-11-13(12(2)23-18-11)8-20-10-16(7-15(20)22)3-5-19(6-4-16)9-14(17)21/h3-10H2,1-2H3,(H2,17,21). The van der Waals surface area contributed by atoms with E-state index in [1.54, 1.807) is 0 Å². The van der Waals surface area contributed by atoms with Gasteiger partial charge in [-0.05, 0) is 45.2 Å². The molecule has 2 saturated heterocycles. The molecule has 2 aliphatic rings. The van der Waals surface area contributed by atoms with Crippen molar-refractivity contribution in [1.82, 2.24) is 15.0 Å². The first-order valence-corrected chi connectivity index (χ1v) is 8.09. The van der Waals surface area contributed by atoms with Gasteiger partial charge in [0.05, 0.1) is 18.8 Å². The van der Waals surface area contributed by atoms with Crippen molar-refractivity contribution in [3.63, 3.8) is 0 Å². The Labute approximate surface area is 135 Å². The molecule has 23 heavy (non-hydrogen) atoms. The number of nitrogens with two attached hydrogens (primary N) is 1. The number of likely N-dealkylation sites (tertiary alicyclic amines) is 2. The Morgan fingerprint density at radius 1 is 1.35 bits per heavy atom. The molecule has 2 amide bonds. The van der Waals surface area contributed by atoms with Crippen LogP contribution in [0.15, 0.2) is 4.52 Å². The minimum absolute atomic E-state index is 0.0458. The molecule has 2 aliphatic heterocycles. The number of carbonyl (C=O) groups excluding carboxylic acids is 2. The molecule has 0 saturated carbocycles. The molecule has 0 aliphatic carbocycles. The molecule has 3 rings (SSSR count). The van der Waals surface area contributed by atoms with E-state index in [1.807, 2.05) is 18.7 Å². The number of carbonyl (C=O) groups is 2. The van der Waals surface area contributed by atoms with Crippen molar-refractivity contribution < 1.29 is 14.1 Å². The fraction of sp³-hybridized carbons (Fsp3) is 0.688. The molecule has 1 aromatic rings. The lowest BCUT2D eigenvalue weighted by Crippen LogP contribution is -2.44. The van der Waals surface area contributed by atoms with E-state index in [2.05, 4.69) is 10.1 Å². The molecule has 1 spiro atoms. The van der Waals surface area contributed by atoms with Crippen LogP contribution in [0, 0.1) is 19.3 Å². The van der Waals surface area contributed by atoms with E-state index in [9.17, 15) is 9.59 Å². The van der Waals surface area contributed by atoms with Gasteiger partial charge in [-0.15, -0.1) is 0 Å². The van der Waals surface area contributed by atoms with Crippen molar-refractivity contribution >= 4 is 11.8 Å². The molecule has 3 heterocycles. The quantitative estimate of drug-likeness (QED) is 0.876. The van der Waals surface area contributed by atoms with Crippen LogP contribution in [0.3, 0.4) is 0 Å². The van der Waals surface area contributed by atoms with Crippen molar-refractivity contribution in [3.05, 3.63) is 17.0 Å². The summed E-state index contributed by atoms with van der Waals surface area (Å²) in [5.41, 5.74) is 7.17. The van der Waals surface area contributed by atoms with Gasteiger partial charge in [-0.25, -0.2) is 0 Å². The van der Waals surface area contributed by atoms with Gasteiger partial charge in [-0.3, -0.25) is 14.5 Å². The Balaban J connectivity index is 1.63. The minimum atomic E-state index is -0.288. The summed E-state index contributed by atoms with van der Waals surface area (Å²) in [7, 11) is 0. The Morgan fingerprint density at radius 2 is 2.04 bits per heavy atom. The van der Waals surface area contributed by atoms with Crippen LogP contribution in [0.2, 0.25) is 0 Å².